The minimum Gasteiger partial charge on any atom is -0.472 e. The Morgan fingerprint density at radius 1 is 1.18 bits per heavy atom. The number of aliphatic hydroxyl groups excluding tert-OH is 3. The van der Waals surface area contributed by atoms with Crippen molar-refractivity contribution in [2.24, 2.45) is 34.0 Å². The van der Waals surface area contributed by atoms with Crippen molar-refractivity contribution in [3.63, 3.8) is 0 Å². The summed E-state index contributed by atoms with van der Waals surface area (Å²) in [6.07, 6.45) is -3.59. The Hall–Kier alpha value is -2.02. The number of ether oxygens (including phenoxy) is 2. The van der Waals surface area contributed by atoms with Crippen LogP contribution in [0.2, 0.25) is 0 Å². The molecule has 6 N–H and O–H groups in total. The number of aliphatic hydroxyl groups is 6. The summed E-state index contributed by atoms with van der Waals surface area (Å²) in [5.41, 5.74) is -10.0. The van der Waals surface area contributed by atoms with E-state index in [0.29, 0.717) is 5.56 Å². The highest BCUT2D eigenvalue weighted by Gasteiger charge is 2.91. The number of rotatable bonds is 3. The average Bonchev–Trinajstić information content (AvgIpc) is 3.46. The van der Waals surface area contributed by atoms with Crippen LogP contribution >= 0.6 is 0 Å². The Morgan fingerprint density at radius 2 is 1.87 bits per heavy atom. The molecular formula is C27H36O11. The van der Waals surface area contributed by atoms with Crippen molar-refractivity contribution in [1.29, 1.82) is 0 Å². The first kappa shape index (κ1) is 26.2. The molecule has 2 bridgehead atoms. The van der Waals surface area contributed by atoms with Crippen molar-refractivity contribution in [3.05, 3.63) is 24.2 Å². The van der Waals surface area contributed by atoms with Gasteiger partial charge in [-0.1, -0.05) is 20.8 Å². The number of esters is 2. The van der Waals surface area contributed by atoms with Crippen LogP contribution in [0.5, 0.6) is 0 Å². The molecule has 4 aliphatic carbocycles. The van der Waals surface area contributed by atoms with Gasteiger partial charge in [-0.15, -0.1) is 0 Å². The quantitative estimate of drug-likeness (QED) is 0.281. The fraction of sp³-hybridized carbons (Fsp3) is 0.778. The third-order valence-electron chi connectivity index (χ3n) is 11.9. The van der Waals surface area contributed by atoms with E-state index in [1.165, 1.54) is 12.5 Å². The standard InChI is InChI=1S/C27H36O11/c1-22-11-25(33)18(15(29)19(22)31)27(35)13(24(25,3)17(22)16(30)21(32)36-4)5-7-23(2)20(12-6-8-37-10-12)38-14(28)9-26(23,27)34/h6,8,10,13,15-20,29-31,33-35H,5,7,9,11H2,1-4H3/t13-,15-,16-,17+,18+,19+,20+,22+,23-,24+,25+,26+,27-/m1/s1. The molecule has 2 heterocycles. The van der Waals surface area contributed by atoms with Crippen molar-refractivity contribution >= 4 is 11.9 Å². The molecule has 5 fully saturated rings. The number of hydrogen-bond donors (Lipinski definition) is 6. The van der Waals surface area contributed by atoms with Crippen LogP contribution in [0, 0.1) is 34.0 Å². The van der Waals surface area contributed by atoms with Gasteiger partial charge in [-0.25, -0.2) is 4.79 Å². The fourth-order valence-electron chi connectivity index (χ4n) is 10.4. The molecular weight excluding hydrogens is 500 g/mol. The minimum absolute atomic E-state index is 0.153. The predicted molar refractivity (Wildman–Crippen MR) is 126 cm³/mol. The first-order valence-corrected chi connectivity index (χ1v) is 13.1. The third kappa shape index (κ3) is 2.44. The highest BCUT2D eigenvalue weighted by Crippen LogP contribution is 2.82. The Labute approximate surface area is 219 Å². The number of hydrogen-bond acceptors (Lipinski definition) is 11. The van der Waals surface area contributed by atoms with Crippen molar-refractivity contribution in [1.82, 2.24) is 0 Å². The minimum atomic E-state index is -2.30. The van der Waals surface area contributed by atoms with Gasteiger partial charge in [0, 0.05) is 33.6 Å². The summed E-state index contributed by atoms with van der Waals surface area (Å²) >= 11 is 0. The number of furan rings is 1. The molecule has 1 aromatic rings. The highest BCUT2D eigenvalue weighted by molar-refractivity contribution is 5.76. The van der Waals surface area contributed by atoms with Gasteiger partial charge < -0.3 is 44.5 Å². The van der Waals surface area contributed by atoms with Crippen molar-refractivity contribution in [3.8, 4) is 0 Å². The van der Waals surface area contributed by atoms with Gasteiger partial charge in [-0.3, -0.25) is 4.79 Å². The maximum atomic E-state index is 13.0. The number of carbonyl (C=O) groups excluding carboxylic acids is 2. The summed E-state index contributed by atoms with van der Waals surface area (Å²) in [4.78, 5) is 25.7. The number of cyclic esters (lactones) is 1. The molecule has 0 amide bonds. The van der Waals surface area contributed by atoms with Crippen molar-refractivity contribution in [2.75, 3.05) is 7.11 Å². The van der Waals surface area contributed by atoms with E-state index in [1.54, 1.807) is 26.8 Å². The van der Waals surface area contributed by atoms with Gasteiger partial charge in [0.05, 0.1) is 43.9 Å². The molecule has 0 spiro atoms. The molecule has 6 rings (SSSR count). The number of methoxy groups -OCH3 is 1. The Balaban J connectivity index is 1.60. The first-order chi connectivity index (χ1) is 17.6. The predicted octanol–water partition coefficient (Wildman–Crippen LogP) is -0.191. The summed E-state index contributed by atoms with van der Waals surface area (Å²) in [6, 6.07) is 1.61. The fourth-order valence-corrected chi connectivity index (χ4v) is 10.4. The van der Waals surface area contributed by atoms with Gasteiger partial charge in [-0.2, -0.15) is 0 Å². The molecule has 38 heavy (non-hydrogen) atoms. The average molecular weight is 537 g/mol. The molecule has 1 aromatic heterocycles. The van der Waals surface area contributed by atoms with Gasteiger partial charge >= 0.3 is 11.9 Å². The van der Waals surface area contributed by atoms with E-state index in [4.69, 9.17) is 13.9 Å². The maximum absolute atomic E-state index is 13.0. The molecule has 1 aliphatic heterocycles. The molecule has 210 valence electrons. The maximum Gasteiger partial charge on any atom is 0.335 e. The van der Waals surface area contributed by atoms with Crippen molar-refractivity contribution < 1.29 is 54.1 Å². The summed E-state index contributed by atoms with van der Waals surface area (Å²) in [5, 5.41) is 72.2. The Kier molecular flexibility index (Phi) is 5.09. The second-order valence-corrected chi connectivity index (χ2v) is 13.0. The van der Waals surface area contributed by atoms with Gasteiger partial charge in [0.25, 0.3) is 0 Å². The molecule has 0 aromatic carbocycles. The topological polar surface area (TPSA) is 187 Å². The molecule has 5 aliphatic rings. The second kappa shape index (κ2) is 7.38. The van der Waals surface area contributed by atoms with Crippen LogP contribution in [0.1, 0.15) is 58.1 Å². The monoisotopic (exact) mass is 536 g/mol. The molecule has 13 atom stereocenters. The summed E-state index contributed by atoms with van der Waals surface area (Å²) < 4.78 is 15.7. The van der Waals surface area contributed by atoms with E-state index in [-0.39, 0.29) is 19.3 Å². The van der Waals surface area contributed by atoms with E-state index in [1.807, 2.05) is 0 Å². The van der Waals surface area contributed by atoms with Gasteiger partial charge in [0.15, 0.2) is 6.10 Å². The largest absolute Gasteiger partial charge is 0.472 e. The molecule has 0 unspecified atom stereocenters. The summed E-state index contributed by atoms with van der Waals surface area (Å²) in [5.74, 6) is -5.35. The zero-order valence-electron chi connectivity index (χ0n) is 21.8. The lowest BCUT2D eigenvalue weighted by Crippen LogP contribution is -2.78. The van der Waals surface area contributed by atoms with E-state index in [0.717, 1.165) is 7.11 Å². The van der Waals surface area contributed by atoms with Crippen LogP contribution in [0.3, 0.4) is 0 Å². The lowest BCUT2D eigenvalue weighted by Gasteiger charge is -2.66. The molecule has 4 saturated carbocycles. The molecule has 11 heteroatoms. The van der Waals surface area contributed by atoms with E-state index < -0.39 is 93.6 Å². The van der Waals surface area contributed by atoms with Crippen LogP contribution in [-0.4, -0.2) is 84.8 Å². The van der Waals surface area contributed by atoms with Crippen LogP contribution in [-0.2, 0) is 19.1 Å². The Morgan fingerprint density at radius 3 is 2.47 bits per heavy atom. The smallest absolute Gasteiger partial charge is 0.335 e. The van der Waals surface area contributed by atoms with E-state index in [9.17, 15) is 40.2 Å². The highest BCUT2D eigenvalue weighted by atomic mass is 16.6. The molecule has 0 radical (unpaired) electrons. The second-order valence-electron chi connectivity index (χ2n) is 13.0. The zero-order valence-corrected chi connectivity index (χ0v) is 21.8. The molecule has 11 nitrogen and oxygen atoms in total. The van der Waals surface area contributed by atoms with Gasteiger partial charge in [0.1, 0.15) is 17.3 Å². The van der Waals surface area contributed by atoms with Gasteiger partial charge in [-0.05, 0) is 31.2 Å². The summed E-state index contributed by atoms with van der Waals surface area (Å²) in [6.45, 7) is 4.93. The van der Waals surface area contributed by atoms with Crippen molar-refractivity contribution in [2.45, 2.75) is 87.7 Å². The van der Waals surface area contributed by atoms with Gasteiger partial charge in [0.2, 0.25) is 0 Å². The lowest BCUT2D eigenvalue weighted by atomic mass is 9.44. The zero-order chi connectivity index (χ0) is 27.8. The third-order valence-corrected chi connectivity index (χ3v) is 11.9. The van der Waals surface area contributed by atoms with E-state index >= 15 is 0 Å². The Bertz CT molecular complexity index is 1190. The number of fused-ring (bicyclic) bond motifs is 6. The first-order valence-electron chi connectivity index (χ1n) is 13.1. The van der Waals surface area contributed by atoms with Crippen LogP contribution < -0.4 is 0 Å². The summed E-state index contributed by atoms with van der Waals surface area (Å²) in [7, 11) is 1.11. The van der Waals surface area contributed by atoms with Crippen LogP contribution in [0.25, 0.3) is 0 Å². The van der Waals surface area contributed by atoms with Crippen LogP contribution in [0.4, 0.5) is 0 Å². The SMILES string of the molecule is COC(=O)[C@H](O)[C@H]1[C@]2(C)C[C@]3(O)[C@H]([C@@H](O)[C@@H]2O)[C@]2(O)[C@H](CC[C@]4(C)[C@H](c5ccoc5)OC(=O)C[C@@]24O)[C@@]13C. The van der Waals surface area contributed by atoms with E-state index in [2.05, 4.69) is 0 Å². The number of carbonyl (C=O) groups is 2. The lowest BCUT2D eigenvalue weighted by molar-refractivity contribution is -0.335. The molecule has 1 saturated heterocycles. The van der Waals surface area contributed by atoms with Crippen LogP contribution in [0.15, 0.2) is 23.0 Å². The normalized spacial score (nSPS) is 55.6.